The molecule has 1 fully saturated rings. The summed E-state index contributed by atoms with van der Waals surface area (Å²) in [5.74, 6) is -17.8. The van der Waals surface area contributed by atoms with E-state index in [2.05, 4.69) is 160 Å². The van der Waals surface area contributed by atoms with Gasteiger partial charge in [-0.15, -0.1) is 0 Å². The highest BCUT2D eigenvalue weighted by Gasteiger charge is 2.42. The van der Waals surface area contributed by atoms with E-state index in [9.17, 15) is 92.0 Å². The first kappa shape index (κ1) is 103. The summed E-state index contributed by atoms with van der Waals surface area (Å²) in [4.78, 5) is 246. The van der Waals surface area contributed by atoms with Gasteiger partial charge in [0.15, 0.2) is 17.9 Å². The number of amides is 15. The quantitative estimate of drug-likeness (QED) is 0.0127. The number of hydrogen-bond donors (Lipinski definition) is 31. The number of unbranched alkanes of at least 4 members (excludes halogenated alkanes) is 1. The second-order valence-corrected chi connectivity index (χ2v) is 28.7. The maximum atomic E-state index is 14.6. The third-order valence-electron chi connectivity index (χ3n) is 17.9. The molecule has 35 N–H and O–H groups in total. The van der Waals surface area contributed by atoms with Gasteiger partial charge in [-0.05, 0) is 91.0 Å². The molecule has 0 aliphatic carbocycles. The number of aliphatic carboxylic acids is 1. The molecule has 1 aliphatic rings. The zero-order valence-electron chi connectivity index (χ0n) is 66.1. The minimum absolute atomic E-state index is 0.00330. The second-order valence-electron chi connectivity index (χ2n) is 27.3. The molecule has 0 bridgehead atoms. The number of carbonyl (C=O) groups is 16. The molecule has 0 unspecified atom stereocenters. The Morgan fingerprint density at radius 3 is 1.14 bits per heavy atom. The molecule has 3 heterocycles. The van der Waals surface area contributed by atoms with Crippen molar-refractivity contribution in [3.8, 4) is 0 Å². The topological polar surface area (TPSA) is 808 Å². The molecule has 15 amide bonds. The number of nitrogens with one attached hydrogen (secondary N) is 16. The number of carboxylic acids is 1. The number of likely N-dealkylation sites (tertiary alicyclic amines) is 1. The molecular weight excluding hydrogens is 1660 g/mol. The summed E-state index contributed by atoms with van der Waals surface area (Å²) < 4.78 is 0. The number of rotatable bonds is 56. The predicted molar refractivity (Wildman–Crippen MR) is 447 cm³/mol. The Labute approximate surface area is 711 Å². The Morgan fingerprint density at radius 2 is 0.758 bits per heavy atom. The highest BCUT2D eigenvalue weighted by Crippen LogP contribution is 2.21. The third kappa shape index (κ3) is 36.7. The number of aliphatic hydroxyl groups is 2. The summed E-state index contributed by atoms with van der Waals surface area (Å²) in [7, 11) is 0. The number of carboxylic acid groups (broad SMARTS) is 1. The maximum absolute atomic E-state index is 14.6. The number of thiol groups is 4. The SMILES string of the molecule is C[C@H](NC(=O)[C@H](CCCN=C(N)N)NC(=O)[C@H](CCCN=C(N)N)NC(=O)[C@H](Cc1cnc[nH]1)NC(=O)[C@H](CO)NC(=O)[C@H](CCCCN)NC(=O)[C@H](CS)NC(=O)[C@H](C)NC(=O)[C@@H]1CCCN1C(=O)[C@H](Cc1cnc[nH]1)NC(=O)[C@H](CO)NC(=O)[C@H](CS)NC(=O)[C@H](CS)NC(=O)CN)C(=O)N[C@@H](CCCN=C(N)N)C(=O)N[C@@H](CS)C(=O)O. The standard InChI is InChI=1S/C67H114N30O19S4/c1-32(50(101)86-38(11-6-16-79-66(72)73)55(106)96-47(29-120)64(115)116)83-52(103)37(10-5-15-78-65(70)71)87-53(104)39(12-7-17-80-67(74)75)88-56(107)40(19-34-22-76-30-81-34)90-57(108)42(24-98)92-54(105)36(9-3-4-14-68)89-60(111)45(27-118)94-51(102)33(2)84-62(113)48-13-8-18-97(48)63(114)41(20-35-23-77-31-82-35)91-58(109)43(25-99)93-61(112)46(28-119)95-59(110)44(26-117)85-49(100)21-69/h22-23,30-33,36-48,98-99,117-120H,3-21,24-29,68-69H2,1-2H3,(H,76,81)(H,77,82)(H,83,103)(H,84,113)(H,85,100)(H,86,101)(H,87,104)(H,88,107)(H,89,111)(H,90,108)(H,91,109)(H,92,105)(H,93,112)(H,94,102)(H,95,110)(H,96,106)(H,115,116)(H4,70,71,78)(H4,72,73,79)(H4,74,75,80)/t32-,33-,36-,37-,38-,39-,40-,41-,42-,43-,44-,45-,46-,47-,48-/m0/s1. The van der Waals surface area contributed by atoms with E-state index in [0.717, 1.165) is 4.90 Å². The highest BCUT2D eigenvalue weighted by molar-refractivity contribution is 7.80. The number of nitrogens with zero attached hydrogens (tertiary/aromatic N) is 6. The zero-order valence-corrected chi connectivity index (χ0v) is 69.7. The fourth-order valence-electron chi connectivity index (χ4n) is 11.4. The van der Waals surface area contributed by atoms with Gasteiger partial charge < -0.3 is 150 Å². The van der Waals surface area contributed by atoms with Gasteiger partial charge in [-0.3, -0.25) is 86.9 Å². The van der Waals surface area contributed by atoms with Crippen LogP contribution < -0.4 is 120 Å². The molecule has 15 atom stereocenters. The molecular formula is C67H114N30O19S4. The molecule has 2 aromatic heterocycles. The molecule has 53 heteroatoms. The van der Waals surface area contributed by atoms with E-state index in [1.807, 2.05) is 0 Å². The number of hydrogen-bond acceptors (Lipinski definition) is 29. The van der Waals surface area contributed by atoms with Crippen molar-refractivity contribution in [1.82, 2.24) is 99.3 Å². The molecule has 1 aliphatic heterocycles. The fourth-order valence-corrected chi connectivity index (χ4v) is 12.5. The van der Waals surface area contributed by atoms with Crippen LogP contribution in [-0.2, 0) is 89.6 Å². The highest BCUT2D eigenvalue weighted by atomic mass is 32.1. The van der Waals surface area contributed by atoms with Crippen LogP contribution in [0.4, 0.5) is 0 Å². The van der Waals surface area contributed by atoms with Crippen molar-refractivity contribution < 1.29 is 92.0 Å². The van der Waals surface area contributed by atoms with Crippen molar-refractivity contribution in [2.75, 3.05) is 75.5 Å². The number of aromatic nitrogens is 4. The van der Waals surface area contributed by atoms with Crippen molar-refractivity contribution in [1.29, 1.82) is 0 Å². The van der Waals surface area contributed by atoms with Crippen molar-refractivity contribution in [3.63, 3.8) is 0 Å². The summed E-state index contributed by atoms with van der Waals surface area (Å²) >= 11 is 16.4. The maximum Gasteiger partial charge on any atom is 0.327 e. The van der Waals surface area contributed by atoms with Gasteiger partial charge in [-0.1, -0.05) is 0 Å². The first-order valence-corrected chi connectivity index (χ1v) is 40.5. The minimum Gasteiger partial charge on any atom is -0.480 e. The van der Waals surface area contributed by atoms with Gasteiger partial charge >= 0.3 is 5.97 Å². The number of guanidine groups is 3. The smallest absolute Gasteiger partial charge is 0.327 e. The van der Waals surface area contributed by atoms with Gasteiger partial charge in [-0.25, -0.2) is 14.8 Å². The predicted octanol–water partition coefficient (Wildman–Crippen LogP) is -13.2. The van der Waals surface area contributed by atoms with E-state index in [1.54, 1.807) is 0 Å². The summed E-state index contributed by atoms with van der Waals surface area (Å²) in [5, 5.41) is 64.9. The van der Waals surface area contributed by atoms with Gasteiger partial charge in [0, 0.05) is 85.8 Å². The zero-order chi connectivity index (χ0) is 89.7. The van der Waals surface area contributed by atoms with Crippen LogP contribution in [0.25, 0.3) is 0 Å². The van der Waals surface area contributed by atoms with E-state index in [1.165, 1.54) is 38.9 Å². The normalized spacial score (nSPS) is 15.8. The van der Waals surface area contributed by atoms with Crippen molar-refractivity contribution in [2.24, 2.45) is 60.8 Å². The molecule has 1 saturated heterocycles. The largest absolute Gasteiger partial charge is 0.480 e. The van der Waals surface area contributed by atoms with Gasteiger partial charge in [0.25, 0.3) is 0 Å². The number of nitrogens with two attached hydrogens (primary N) is 8. The van der Waals surface area contributed by atoms with Crippen LogP contribution in [0.2, 0.25) is 0 Å². The lowest BCUT2D eigenvalue weighted by Crippen LogP contribution is -2.61. The minimum atomic E-state index is -1.88. The summed E-state index contributed by atoms with van der Waals surface area (Å²) in [6.07, 6.45) is 4.84. The van der Waals surface area contributed by atoms with Gasteiger partial charge in [0.2, 0.25) is 88.6 Å². The molecule has 120 heavy (non-hydrogen) atoms. The van der Waals surface area contributed by atoms with E-state index in [0.29, 0.717) is 12.1 Å². The molecule has 2 aromatic rings. The van der Waals surface area contributed by atoms with Crippen LogP contribution in [0.3, 0.4) is 0 Å². The van der Waals surface area contributed by atoms with E-state index < -0.39 is 211 Å². The summed E-state index contributed by atoms with van der Waals surface area (Å²) in [5.41, 5.74) is 44.7. The lowest BCUT2D eigenvalue weighted by Gasteiger charge is -2.30. The van der Waals surface area contributed by atoms with E-state index in [-0.39, 0.29) is 151 Å². The van der Waals surface area contributed by atoms with Gasteiger partial charge in [0.1, 0.15) is 90.6 Å². The first-order chi connectivity index (χ1) is 57.0. The van der Waals surface area contributed by atoms with Crippen molar-refractivity contribution in [3.05, 3.63) is 36.4 Å². The molecule has 0 spiro atoms. The summed E-state index contributed by atoms with van der Waals surface area (Å²) in [6.45, 7) is -0.0962. The van der Waals surface area contributed by atoms with Crippen LogP contribution in [0.15, 0.2) is 40.0 Å². The Bertz CT molecular complexity index is 3820. The Kier molecular flexibility index (Phi) is 47.2. The van der Waals surface area contributed by atoms with Gasteiger partial charge in [-0.2, -0.15) is 50.5 Å². The average Bonchev–Trinajstić information content (AvgIpc) is 1.64. The van der Waals surface area contributed by atoms with Gasteiger partial charge in [0.05, 0.1) is 32.4 Å². The molecule has 0 aromatic carbocycles. The molecule has 0 saturated carbocycles. The molecule has 49 nitrogen and oxygen atoms in total. The number of imidazole rings is 2. The van der Waals surface area contributed by atoms with Crippen LogP contribution in [0, 0.1) is 0 Å². The number of aromatic amines is 2. The molecule has 670 valence electrons. The number of aliphatic hydroxyl groups excluding tert-OH is 2. The van der Waals surface area contributed by atoms with Crippen LogP contribution in [-0.4, -0.2) is 319 Å². The van der Waals surface area contributed by atoms with E-state index in [4.69, 9.17) is 45.9 Å². The second kappa shape index (κ2) is 54.9. The van der Waals surface area contributed by atoms with Crippen molar-refractivity contribution >= 4 is 163 Å². The molecule has 0 radical (unpaired) electrons. The Hall–Kier alpha value is -11.0. The van der Waals surface area contributed by atoms with Crippen molar-refractivity contribution in [2.45, 2.75) is 188 Å². The molecule has 3 rings (SSSR count). The number of aliphatic imine (C=N–C) groups is 3. The van der Waals surface area contributed by atoms with E-state index >= 15 is 0 Å². The fraction of sp³-hybridized carbons (Fsp3) is 0.627. The monoisotopic (exact) mass is 1770 g/mol. The number of carbonyl (C=O) groups excluding carboxylic acids is 15. The number of H-pyrrole nitrogens is 2. The lowest BCUT2D eigenvalue weighted by atomic mass is 10.0. The van der Waals surface area contributed by atoms with Crippen LogP contribution >= 0.6 is 50.5 Å². The Balaban J connectivity index is 1.85. The van der Waals surface area contributed by atoms with Crippen LogP contribution in [0.5, 0.6) is 0 Å². The average molecular weight is 1770 g/mol. The third-order valence-corrected chi connectivity index (χ3v) is 19.4. The lowest BCUT2D eigenvalue weighted by molar-refractivity contribution is -0.142. The summed E-state index contributed by atoms with van der Waals surface area (Å²) in [6, 6.07) is -22.5. The Morgan fingerprint density at radius 1 is 0.433 bits per heavy atom. The first-order valence-electron chi connectivity index (χ1n) is 37.9. The van der Waals surface area contributed by atoms with Crippen LogP contribution in [0.1, 0.15) is 95.9 Å².